The van der Waals surface area contributed by atoms with Crippen molar-refractivity contribution in [1.82, 2.24) is 0 Å². The summed E-state index contributed by atoms with van der Waals surface area (Å²) in [6.07, 6.45) is 1.89. The monoisotopic (exact) mass is 392 g/mol. The van der Waals surface area contributed by atoms with Gasteiger partial charge in [-0.3, -0.25) is 24.6 Å². The standard InChI is InChI=1S/C21H16N2O6/c1-11-10-21(2,3)22-17-15(11)8-14(9-16(17)18(24)19(22)25)29-20(26)12-4-6-13(7-5-12)23(27)28/h4-10H,1-3H3. The van der Waals surface area contributed by atoms with Crippen LogP contribution in [0.15, 0.2) is 42.5 Å². The summed E-state index contributed by atoms with van der Waals surface area (Å²) < 4.78 is 5.39. The van der Waals surface area contributed by atoms with Crippen LogP contribution < -0.4 is 9.64 Å². The molecular weight excluding hydrogens is 376 g/mol. The Bertz CT molecular complexity index is 1140. The molecule has 0 N–H and O–H groups in total. The number of carbonyl (C=O) groups is 3. The normalized spacial score (nSPS) is 16.4. The molecule has 2 aliphatic rings. The highest BCUT2D eigenvalue weighted by Crippen LogP contribution is 2.46. The number of nitrogens with zero attached hydrogens (tertiary/aromatic N) is 2. The topological polar surface area (TPSA) is 107 Å². The second-order valence-electron chi connectivity index (χ2n) is 7.51. The summed E-state index contributed by atoms with van der Waals surface area (Å²) in [4.78, 5) is 49.1. The lowest BCUT2D eigenvalue weighted by Gasteiger charge is -2.38. The molecule has 0 saturated carbocycles. The first-order valence-electron chi connectivity index (χ1n) is 8.83. The second kappa shape index (κ2) is 6.10. The van der Waals surface area contributed by atoms with Gasteiger partial charge < -0.3 is 4.74 Å². The zero-order valence-electron chi connectivity index (χ0n) is 15.9. The van der Waals surface area contributed by atoms with Crippen molar-refractivity contribution in [2.75, 3.05) is 4.90 Å². The van der Waals surface area contributed by atoms with E-state index in [1.807, 2.05) is 26.8 Å². The van der Waals surface area contributed by atoms with Crippen molar-refractivity contribution in [3.05, 3.63) is 69.3 Å². The van der Waals surface area contributed by atoms with Crippen molar-refractivity contribution >= 4 is 34.6 Å². The van der Waals surface area contributed by atoms with Gasteiger partial charge in [-0.15, -0.1) is 0 Å². The third-order valence-corrected chi connectivity index (χ3v) is 5.04. The lowest BCUT2D eigenvalue weighted by molar-refractivity contribution is -0.384. The summed E-state index contributed by atoms with van der Waals surface area (Å²) in [7, 11) is 0. The molecule has 1 amide bonds. The van der Waals surface area contributed by atoms with E-state index in [1.165, 1.54) is 35.2 Å². The number of anilines is 1. The molecule has 29 heavy (non-hydrogen) atoms. The van der Waals surface area contributed by atoms with Crippen LogP contribution in [0.5, 0.6) is 5.75 Å². The van der Waals surface area contributed by atoms with E-state index >= 15 is 0 Å². The van der Waals surface area contributed by atoms with Gasteiger partial charge in [0.15, 0.2) is 0 Å². The fraction of sp³-hybridized carbons (Fsp3) is 0.190. The van der Waals surface area contributed by atoms with Gasteiger partial charge in [0.05, 0.1) is 27.3 Å². The van der Waals surface area contributed by atoms with Gasteiger partial charge >= 0.3 is 5.97 Å². The van der Waals surface area contributed by atoms with Crippen molar-refractivity contribution < 1.29 is 24.0 Å². The predicted octanol–water partition coefficient (Wildman–Crippen LogP) is 3.54. The maximum Gasteiger partial charge on any atom is 0.343 e. The number of esters is 1. The van der Waals surface area contributed by atoms with Crippen LogP contribution in [0.3, 0.4) is 0 Å². The highest BCUT2D eigenvalue weighted by Gasteiger charge is 2.47. The Hall–Kier alpha value is -3.81. The molecule has 2 heterocycles. The zero-order valence-corrected chi connectivity index (χ0v) is 15.9. The molecule has 0 atom stereocenters. The van der Waals surface area contributed by atoms with Crippen molar-refractivity contribution in [2.45, 2.75) is 26.3 Å². The molecule has 8 heteroatoms. The number of non-ortho nitro benzene ring substituents is 1. The quantitative estimate of drug-likeness (QED) is 0.260. The Kier molecular flexibility index (Phi) is 3.90. The number of ether oxygens (including phenoxy) is 1. The molecule has 4 rings (SSSR count). The Morgan fingerprint density at radius 1 is 1.10 bits per heavy atom. The number of nitro benzene ring substituents is 1. The number of benzene rings is 2. The van der Waals surface area contributed by atoms with Crippen molar-refractivity contribution in [3.8, 4) is 5.75 Å². The molecule has 0 bridgehead atoms. The fourth-order valence-corrected chi connectivity index (χ4v) is 3.81. The van der Waals surface area contributed by atoms with Gasteiger partial charge in [0, 0.05) is 17.7 Å². The minimum absolute atomic E-state index is 0.123. The number of allylic oxidation sites excluding steroid dienone is 1. The summed E-state index contributed by atoms with van der Waals surface area (Å²) >= 11 is 0. The molecule has 0 fully saturated rings. The van der Waals surface area contributed by atoms with Crippen LogP contribution in [0.4, 0.5) is 11.4 Å². The number of Topliss-reactive ketones (excluding diaryl/α,β-unsaturated/α-hetero) is 1. The van der Waals surface area contributed by atoms with E-state index in [0.717, 1.165) is 5.57 Å². The van der Waals surface area contributed by atoms with Crippen LogP contribution in [0.1, 0.15) is 47.1 Å². The van der Waals surface area contributed by atoms with Crippen molar-refractivity contribution in [2.24, 2.45) is 0 Å². The van der Waals surface area contributed by atoms with E-state index in [-0.39, 0.29) is 22.6 Å². The summed E-state index contributed by atoms with van der Waals surface area (Å²) in [6.45, 7) is 5.56. The van der Waals surface area contributed by atoms with E-state index in [0.29, 0.717) is 11.3 Å². The van der Waals surface area contributed by atoms with Gasteiger partial charge in [-0.25, -0.2) is 4.79 Å². The Morgan fingerprint density at radius 3 is 2.34 bits per heavy atom. The Labute approximate surface area is 165 Å². The van der Waals surface area contributed by atoms with Crippen LogP contribution in [0.25, 0.3) is 5.57 Å². The minimum Gasteiger partial charge on any atom is -0.423 e. The van der Waals surface area contributed by atoms with Crippen LogP contribution in [-0.4, -0.2) is 28.1 Å². The van der Waals surface area contributed by atoms with E-state index in [2.05, 4.69) is 0 Å². The molecule has 2 aromatic rings. The van der Waals surface area contributed by atoms with Gasteiger partial charge in [0.25, 0.3) is 17.4 Å². The van der Waals surface area contributed by atoms with Gasteiger partial charge in [-0.1, -0.05) is 6.08 Å². The molecule has 0 aromatic heterocycles. The third kappa shape index (κ3) is 2.80. The molecule has 0 unspecified atom stereocenters. The molecular formula is C21H16N2O6. The van der Waals surface area contributed by atoms with E-state index in [4.69, 9.17) is 4.74 Å². The van der Waals surface area contributed by atoms with Crippen molar-refractivity contribution in [1.29, 1.82) is 0 Å². The molecule has 0 spiro atoms. The van der Waals surface area contributed by atoms with Gasteiger partial charge in [-0.05, 0) is 50.6 Å². The summed E-state index contributed by atoms with van der Waals surface area (Å²) in [6, 6.07) is 8.00. The number of hydrogen-bond acceptors (Lipinski definition) is 6. The van der Waals surface area contributed by atoms with E-state index in [1.54, 1.807) is 6.07 Å². The SMILES string of the molecule is CC1=CC(C)(C)N2C(=O)C(=O)c3cc(OC(=O)c4ccc([N+](=O)[O-])cc4)cc1c32. The van der Waals surface area contributed by atoms with Crippen LogP contribution in [0, 0.1) is 10.1 Å². The summed E-state index contributed by atoms with van der Waals surface area (Å²) in [5.74, 6) is -1.87. The molecule has 0 aliphatic carbocycles. The molecule has 0 saturated heterocycles. The van der Waals surface area contributed by atoms with Gasteiger partial charge in [0.2, 0.25) is 0 Å². The number of ketones is 1. The number of rotatable bonds is 3. The number of hydrogen-bond donors (Lipinski definition) is 0. The van der Waals surface area contributed by atoms with Gasteiger partial charge in [-0.2, -0.15) is 0 Å². The van der Waals surface area contributed by atoms with E-state index in [9.17, 15) is 24.5 Å². The molecule has 2 aliphatic heterocycles. The minimum atomic E-state index is -0.724. The average molecular weight is 392 g/mol. The third-order valence-electron chi connectivity index (χ3n) is 5.04. The summed E-state index contributed by atoms with van der Waals surface area (Å²) in [5, 5.41) is 10.7. The van der Waals surface area contributed by atoms with Crippen molar-refractivity contribution in [3.63, 3.8) is 0 Å². The first-order valence-corrected chi connectivity index (χ1v) is 8.83. The molecule has 0 radical (unpaired) electrons. The highest BCUT2D eigenvalue weighted by molar-refractivity contribution is 6.53. The number of nitro groups is 1. The predicted molar refractivity (Wildman–Crippen MR) is 104 cm³/mol. The summed E-state index contributed by atoms with van der Waals surface area (Å²) in [5.41, 5.74) is 1.56. The zero-order chi connectivity index (χ0) is 21.1. The van der Waals surface area contributed by atoms with Crippen LogP contribution in [-0.2, 0) is 4.79 Å². The Morgan fingerprint density at radius 2 is 1.72 bits per heavy atom. The fourth-order valence-electron chi connectivity index (χ4n) is 3.81. The Balaban J connectivity index is 1.72. The average Bonchev–Trinajstić information content (AvgIpc) is 2.92. The van der Waals surface area contributed by atoms with Crippen LogP contribution in [0.2, 0.25) is 0 Å². The second-order valence-corrected chi connectivity index (χ2v) is 7.51. The first-order chi connectivity index (χ1) is 13.6. The largest absolute Gasteiger partial charge is 0.423 e. The lowest BCUT2D eigenvalue weighted by Crippen LogP contribution is -2.47. The van der Waals surface area contributed by atoms with Gasteiger partial charge in [0.1, 0.15) is 5.75 Å². The maximum absolute atomic E-state index is 12.5. The smallest absolute Gasteiger partial charge is 0.343 e. The van der Waals surface area contributed by atoms with Crippen LogP contribution >= 0.6 is 0 Å². The number of carbonyl (C=O) groups excluding carboxylic acids is 3. The van der Waals surface area contributed by atoms with E-state index < -0.39 is 28.1 Å². The molecule has 2 aromatic carbocycles. The molecule has 8 nitrogen and oxygen atoms in total. The molecule has 146 valence electrons. The first kappa shape index (κ1) is 18.5. The highest BCUT2D eigenvalue weighted by atomic mass is 16.6. The number of amides is 1. The maximum atomic E-state index is 12.5. The lowest BCUT2D eigenvalue weighted by atomic mass is 9.89.